The van der Waals surface area contributed by atoms with E-state index in [2.05, 4.69) is 101 Å². The van der Waals surface area contributed by atoms with Crippen LogP contribution in [0.5, 0.6) is 0 Å². The van der Waals surface area contributed by atoms with Crippen molar-refractivity contribution in [3.63, 3.8) is 0 Å². The summed E-state index contributed by atoms with van der Waals surface area (Å²) in [6.07, 6.45) is 4.58. The van der Waals surface area contributed by atoms with E-state index in [0.29, 0.717) is 0 Å². The summed E-state index contributed by atoms with van der Waals surface area (Å²) in [7, 11) is 0. The zero-order valence-electron chi connectivity index (χ0n) is 21.7. The number of aryl methyl sites for hydroxylation is 1. The number of nitrogens with one attached hydrogen (secondary N) is 4. The van der Waals surface area contributed by atoms with Gasteiger partial charge in [-0.05, 0) is 101 Å². The number of hydrogen-bond donors (Lipinski definition) is 4. The fraction of sp³-hybridized carbons (Fsp3) is 0.345. The monoisotopic (exact) mass is 504 g/mol. The lowest BCUT2D eigenvalue weighted by Crippen LogP contribution is -2.28. The van der Waals surface area contributed by atoms with Crippen LogP contribution in [0.4, 0.5) is 11.4 Å². The minimum absolute atomic E-state index is 0.731. The number of rotatable bonds is 15. The van der Waals surface area contributed by atoms with Gasteiger partial charge in [-0.15, -0.1) is 0 Å². The molecule has 1 saturated heterocycles. The van der Waals surface area contributed by atoms with Crippen LogP contribution in [-0.2, 0) is 6.42 Å². The van der Waals surface area contributed by atoms with Crippen LogP contribution in [0.3, 0.4) is 0 Å². The quantitative estimate of drug-likeness (QED) is 0.131. The molecule has 0 atom stereocenters. The van der Waals surface area contributed by atoms with Crippen LogP contribution in [0.1, 0.15) is 37.3 Å². The molecule has 36 heavy (non-hydrogen) atoms. The molecular weight excluding hydrogens is 464 g/mol. The lowest BCUT2D eigenvalue weighted by Gasteiger charge is -2.18. The molecule has 0 saturated carbocycles. The van der Waals surface area contributed by atoms with E-state index in [4.69, 9.17) is 0 Å². The highest BCUT2D eigenvalue weighted by Crippen LogP contribution is 2.22. The molecule has 2 aromatic carbocycles. The van der Waals surface area contributed by atoms with Gasteiger partial charge >= 0.3 is 0 Å². The summed E-state index contributed by atoms with van der Waals surface area (Å²) in [6, 6.07) is 16.6. The first kappa shape index (κ1) is 27.4. The Morgan fingerprint density at radius 1 is 0.944 bits per heavy atom. The first-order chi connectivity index (χ1) is 17.4. The number of anilines is 2. The summed E-state index contributed by atoms with van der Waals surface area (Å²) in [5, 5.41) is 14.3. The van der Waals surface area contributed by atoms with E-state index < -0.39 is 0 Å². The molecule has 1 fully saturated rings. The van der Waals surface area contributed by atoms with Crippen LogP contribution in [0.25, 0.3) is 0 Å². The van der Waals surface area contributed by atoms with E-state index in [1.54, 1.807) is 0 Å². The van der Waals surface area contributed by atoms with Crippen LogP contribution >= 0.6 is 11.9 Å². The van der Waals surface area contributed by atoms with Gasteiger partial charge < -0.3 is 26.2 Å². The second kappa shape index (κ2) is 14.4. The van der Waals surface area contributed by atoms with Gasteiger partial charge in [-0.25, -0.2) is 4.40 Å². The third kappa shape index (κ3) is 9.47. The van der Waals surface area contributed by atoms with Gasteiger partial charge in [-0.1, -0.05) is 43.0 Å². The lowest BCUT2D eigenvalue weighted by molar-refractivity contribution is 0.332. The summed E-state index contributed by atoms with van der Waals surface area (Å²) in [5.41, 5.74) is 5.61. The molecule has 0 aromatic heterocycles. The van der Waals surface area contributed by atoms with Crippen LogP contribution in [0.15, 0.2) is 88.3 Å². The molecule has 7 heteroatoms. The third-order valence-corrected chi connectivity index (χ3v) is 6.82. The van der Waals surface area contributed by atoms with E-state index in [-0.39, 0.29) is 0 Å². The molecular formula is C29H40N6S. The summed E-state index contributed by atoms with van der Waals surface area (Å²) in [6.45, 7) is 20.6. The molecule has 3 rings (SSSR count). The van der Waals surface area contributed by atoms with E-state index in [0.717, 1.165) is 54.0 Å². The van der Waals surface area contributed by atoms with Crippen molar-refractivity contribution in [1.82, 2.24) is 15.5 Å². The van der Waals surface area contributed by atoms with Crippen molar-refractivity contribution >= 4 is 30.0 Å². The van der Waals surface area contributed by atoms with Gasteiger partial charge in [0.05, 0.1) is 10.9 Å². The largest absolute Gasteiger partial charge is 0.372 e. The minimum Gasteiger partial charge on any atom is -0.372 e. The molecule has 0 radical (unpaired) electrons. The summed E-state index contributed by atoms with van der Waals surface area (Å²) >= 11 is 1.35. The van der Waals surface area contributed by atoms with Crippen molar-refractivity contribution in [3.05, 3.63) is 95.1 Å². The van der Waals surface area contributed by atoms with Crippen molar-refractivity contribution < 1.29 is 0 Å². The Hall–Kier alpha value is -3.16. The molecule has 0 amide bonds. The van der Waals surface area contributed by atoms with Crippen molar-refractivity contribution in [2.45, 2.75) is 39.5 Å². The SMILES string of the molecule is C=NS/C(NC(=C)NCCCN1CCCC1)=C(/C)Cc1ccc(NC(=C)Nc2ccc(C)cc2)cc1. The highest BCUT2D eigenvalue weighted by atomic mass is 32.2. The topological polar surface area (TPSA) is 63.7 Å². The van der Waals surface area contributed by atoms with Gasteiger partial charge in [0.15, 0.2) is 0 Å². The van der Waals surface area contributed by atoms with Crippen LogP contribution in [0, 0.1) is 6.92 Å². The first-order valence-corrected chi connectivity index (χ1v) is 13.3. The molecule has 192 valence electrons. The Morgan fingerprint density at radius 3 is 2.17 bits per heavy atom. The maximum absolute atomic E-state index is 4.14. The number of likely N-dealkylation sites (tertiary alicyclic amines) is 1. The van der Waals surface area contributed by atoms with Gasteiger partial charge in [0.1, 0.15) is 5.82 Å². The van der Waals surface area contributed by atoms with Crippen molar-refractivity contribution in [3.8, 4) is 0 Å². The fourth-order valence-electron chi connectivity index (χ4n) is 4.11. The Kier molecular flexibility index (Phi) is 11.0. The molecule has 0 unspecified atom stereocenters. The number of allylic oxidation sites excluding steroid dienone is 1. The standard InChI is InChI=1S/C29H40N6S/c1-22-9-13-27(14-10-22)32-25(4)33-28-15-11-26(12-16-28)21-23(2)29(36-30-5)34-24(3)31-17-8-20-35-18-6-7-19-35/h9-16,31-34H,3-8,17-21H2,1-2H3/b29-23-. The molecule has 4 N–H and O–H groups in total. The van der Waals surface area contributed by atoms with Crippen LogP contribution in [-0.4, -0.2) is 37.8 Å². The fourth-order valence-corrected chi connectivity index (χ4v) is 4.64. The van der Waals surface area contributed by atoms with Crippen molar-refractivity contribution in [2.24, 2.45) is 4.40 Å². The summed E-state index contributed by atoms with van der Waals surface area (Å²) in [4.78, 5) is 2.53. The Morgan fingerprint density at radius 2 is 1.56 bits per heavy atom. The maximum atomic E-state index is 4.14. The summed E-state index contributed by atoms with van der Waals surface area (Å²) in [5.74, 6) is 1.52. The number of benzene rings is 2. The number of hydrogen-bond acceptors (Lipinski definition) is 7. The average molecular weight is 505 g/mol. The number of nitrogens with zero attached hydrogens (tertiary/aromatic N) is 2. The molecule has 1 aliphatic rings. The van der Waals surface area contributed by atoms with E-state index in [9.17, 15) is 0 Å². The molecule has 0 bridgehead atoms. The molecule has 0 spiro atoms. The molecule has 1 aliphatic heterocycles. The first-order valence-electron chi connectivity index (χ1n) is 12.6. The van der Waals surface area contributed by atoms with Gasteiger partial charge in [0, 0.05) is 29.9 Å². The van der Waals surface area contributed by atoms with Gasteiger partial charge in [-0.3, -0.25) is 0 Å². The Bertz CT molecular complexity index is 1040. The Balaban J connectivity index is 1.47. The van der Waals surface area contributed by atoms with Crippen molar-refractivity contribution in [1.29, 1.82) is 0 Å². The Labute approximate surface area is 221 Å². The lowest BCUT2D eigenvalue weighted by atomic mass is 10.1. The molecule has 6 nitrogen and oxygen atoms in total. The van der Waals surface area contributed by atoms with Crippen LogP contribution in [0.2, 0.25) is 0 Å². The predicted octanol–water partition coefficient (Wildman–Crippen LogP) is 6.25. The smallest absolute Gasteiger partial charge is 0.100 e. The normalized spacial score (nSPS) is 14.1. The highest BCUT2D eigenvalue weighted by Gasteiger charge is 2.11. The molecule has 1 heterocycles. The van der Waals surface area contributed by atoms with Gasteiger partial charge in [0.25, 0.3) is 0 Å². The predicted molar refractivity (Wildman–Crippen MR) is 158 cm³/mol. The minimum atomic E-state index is 0.731. The molecule has 2 aromatic rings. The van der Waals surface area contributed by atoms with E-state index >= 15 is 0 Å². The second-order valence-electron chi connectivity index (χ2n) is 9.23. The van der Waals surface area contributed by atoms with E-state index in [1.807, 2.05) is 12.1 Å². The van der Waals surface area contributed by atoms with Crippen molar-refractivity contribution in [2.75, 3.05) is 36.8 Å². The second-order valence-corrected chi connectivity index (χ2v) is 10.1. The highest BCUT2D eigenvalue weighted by molar-refractivity contribution is 8.01. The summed E-state index contributed by atoms with van der Waals surface area (Å²) < 4.78 is 4.03. The van der Waals surface area contributed by atoms with E-state index in [1.165, 1.54) is 54.6 Å². The third-order valence-electron chi connectivity index (χ3n) is 6.06. The van der Waals surface area contributed by atoms with Gasteiger partial charge in [-0.2, -0.15) is 0 Å². The maximum Gasteiger partial charge on any atom is 0.100 e. The average Bonchev–Trinajstić information content (AvgIpc) is 3.38. The zero-order valence-corrected chi connectivity index (χ0v) is 22.5. The van der Waals surface area contributed by atoms with Crippen LogP contribution < -0.4 is 21.3 Å². The molecule has 0 aliphatic carbocycles. The van der Waals surface area contributed by atoms with Gasteiger partial charge in [0.2, 0.25) is 0 Å². The zero-order chi connectivity index (χ0) is 25.8.